The Morgan fingerprint density at radius 3 is 1.34 bits per heavy atom. The lowest BCUT2D eigenvalue weighted by molar-refractivity contribution is -2.00. The van der Waals surface area contributed by atoms with Gasteiger partial charge in [0.15, 0.2) is 0 Å². The molecule has 0 bridgehead atoms. The second-order valence-corrected chi connectivity index (χ2v) is 8.90. The van der Waals surface area contributed by atoms with Gasteiger partial charge >= 0.3 is 5.97 Å². The third-order valence-corrected chi connectivity index (χ3v) is 5.69. The van der Waals surface area contributed by atoms with Crippen LogP contribution in [-0.4, -0.2) is 11.1 Å². The van der Waals surface area contributed by atoms with Gasteiger partial charge in [-0.05, 0) is 41.5 Å². The summed E-state index contributed by atoms with van der Waals surface area (Å²) in [5.41, 5.74) is 6.91. The number of carbonyl (C=O) groups is 1. The smallest absolute Gasteiger partial charge is 0.342 e. The van der Waals surface area contributed by atoms with E-state index in [9.17, 15) is 9.90 Å². The highest BCUT2D eigenvalue weighted by Crippen LogP contribution is 2.31. The summed E-state index contributed by atoms with van der Waals surface area (Å²) in [5, 5.41) is 9.97. The summed E-state index contributed by atoms with van der Waals surface area (Å²) in [7, 11) is -4.94. The second-order valence-electron chi connectivity index (χ2n) is 8.15. The Kier molecular flexibility index (Phi) is 8.28. The van der Waals surface area contributed by atoms with Gasteiger partial charge in [-0.25, -0.2) is 23.4 Å². The van der Waals surface area contributed by atoms with Gasteiger partial charge in [0.2, 0.25) is 17.1 Å². The van der Waals surface area contributed by atoms with Crippen molar-refractivity contribution in [3.8, 4) is 39.3 Å². The molecule has 38 heavy (non-hydrogen) atoms. The van der Waals surface area contributed by atoms with Crippen LogP contribution in [0.15, 0.2) is 127 Å². The summed E-state index contributed by atoms with van der Waals surface area (Å²) in [5.74, 6) is -0.955. The predicted octanol–water partition coefficient (Wildman–Crippen LogP) is 1.91. The largest absolute Gasteiger partial charge is 0.477 e. The number of rotatable bonds is 5. The van der Waals surface area contributed by atoms with Gasteiger partial charge in [-0.15, -0.1) is 10.2 Å². The van der Waals surface area contributed by atoms with Crippen molar-refractivity contribution in [2.75, 3.05) is 0 Å². The van der Waals surface area contributed by atoms with Crippen LogP contribution in [0.2, 0.25) is 0 Å². The average molecular weight is 528 g/mol. The first kappa shape index (κ1) is 26.7. The van der Waals surface area contributed by atoms with E-state index < -0.39 is 16.2 Å². The van der Waals surface area contributed by atoms with Crippen LogP contribution in [0.5, 0.6) is 0 Å². The maximum absolute atomic E-state index is 12.2. The fourth-order valence-electron chi connectivity index (χ4n) is 4.14. The third kappa shape index (κ3) is 6.68. The topological polar surface area (TPSA) is 133 Å². The Bertz CT molecular complexity index is 1450. The molecule has 4 aromatic carbocycles. The van der Waals surface area contributed by atoms with Crippen LogP contribution in [0.1, 0.15) is 10.4 Å². The van der Waals surface area contributed by atoms with Crippen molar-refractivity contribution in [2.45, 2.75) is 0 Å². The molecule has 1 aromatic heterocycles. The number of benzene rings is 4. The van der Waals surface area contributed by atoms with Crippen LogP contribution < -0.4 is 23.2 Å². The number of aromatic nitrogens is 1. The summed E-state index contributed by atoms with van der Waals surface area (Å²) in [6.45, 7) is 0. The lowest BCUT2D eigenvalue weighted by Crippen LogP contribution is -2.68. The minimum Gasteiger partial charge on any atom is -0.477 e. The number of hydrogen-bond donors (Lipinski definition) is 1. The molecule has 0 aliphatic heterocycles. The van der Waals surface area contributed by atoms with Crippen molar-refractivity contribution >= 4 is 5.97 Å². The van der Waals surface area contributed by atoms with Crippen molar-refractivity contribution in [1.82, 2.24) is 0 Å². The van der Waals surface area contributed by atoms with Crippen molar-refractivity contribution < 1.29 is 43.3 Å². The van der Waals surface area contributed by atoms with E-state index in [1.165, 1.54) is 0 Å². The molecule has 190 valence electrons. The first-order valence-corrected chi connectivity index (χ1v) is 12.7. The highest BCUT2D eigenvalue weighted by atomic mass is 35.7. The van der Waals surface area contributed by atoms with Gasteiger partial charge in [0.25, 0.3) is 0 Å². The molecule has 8 heteroatoms. The lowest BCUT2D eigenvalue weighted by Gasteiger charge is -2.17. The molecule has 0 amide bonds. The van der Waals surface area contributed by atoms with E-state index in [0.29, 0.717) is 5.69 Å². The van der Waals surface area contributed by atoms with Gasteiger partial charge in [0.1, 0.15) is 5.56 Å². The van der Waals surface area contributed by atoms with Crippen LogP contribution in [0.4, 0.5) is 0 Å². The van der Waals surface area contributed by atoms with Crippen LogP contribution in [-0.2, 0) is 0 Å². The molecule has 0 fully saturated rings. The molecule has 1 heterocycles. The first-order valence-electron chi connectivity index (χ1n) is 11.4. The normalized spacial score (nSPS) is 10.8. The van der Waals surface area contributed by atoms with Gasteiger partial charge in [-0.1, -0.05) is 78.9 Å². The Balaban J connectivity index is 0.000000617. The molecule has 0 atom stereocenters. The summed E-state index contributed by atoms with van der Waals surface area (Å²) < 4.78 is 36.0. The SMILES string of the molecule is O=C(O)c1ccccc1-[n+]1c(-c2ccccc2)cc(-c2ccccc2)cc1-c1ccccc1.[O-][Cl+3]([O-])([O-])[O-]. The molecule has 1 N–H and O–H groups in total. The molecule has 5 rings (SSSR count). The number of pyridine rings is 1. The van der Waals surface area contributed by atoms with Crippen LogP contribution in [0.3, 0.4) is 0 Å². The zero-order valence-electron chi connectivity index (χ0n) is 19.9. The van der Waals surface area contributed by atoms with E-state index >= 15 is 0 Å². The third-order valence-electron chi connectivity index (χ3n) is 5.69. The molecular weight excluding hydrogens is 506 g/mol. The summed E-state index contributed by atoms with van der Waals surface area (Å²) in [4.78, 5) is 12.2. The van der Waals surface area contributed by atoms with E-state index in [4.69, 9.17) is 18.6 Å². The molecule has 0 unspecified atom stereocenters. The molecular formula is C30H22ClNO6. The van der Waals surface area contributed by atoms with Crippen molar-refractivity contribution in [1.29, 1.82) is 0 Å². The van der Waals surface area contributed by atoms with Crippen LogP contribution >= 0.6 is 0 Å². The predicted molar refractivity (Wildman–Crippen MR) is 131 cm³/mol. The molecule has 7 nitrogen and oxygen atoms in total. The molecule has 0 radical (unpaired) electrons. The van der Waals surface area contributed by atoms with Gasteiger partial charge < -0.3 is 5.11 Å². The molecule has 5 aromatic rings. The highest BCUT2D eigenvalue weighted by Gasteiger charge is 2.28. The average Bonchev–Trinajstić information content (AvgIpc) is 2.93. The minimum atomic E-state index is -4.94. The lowest BCUT2D eigenvalue weighted by atomic mass is 9.98. The second kappa shape index (κ2) is 11.8. The maximum Gasteiger partial charge on any atom is 0.342 e. The Labute approximate surface area is 221 Å². The number of carboxylic acids is 1. The fourth-order valence-corrected chi connectivity index (χ4v) is 4.14. The number of hydrogen-bond acceptors (Lipinski definition) is 5. The van der Waals surface area contributed by atoms with Gasteiger partial charge in [0, 0.05) is 29.3 Å². The standard InChI is InChI=1S/C30H21NO2.ClHO4/c32-30(33)26-18-10-11-19-27(26)31-28(23-14-6-2-7-15-23)20-25(22-12-4-1-5-13-22)21-29(31)24-16-8-3-9-17-24;2-1(3,4)5/h1-21H;(H,2,3,4,5). The summed E-state index contributed by atoms with van der Waals surface area (Å²) >= 11 is 0. The number of halogens is 1. The van der Waals surface area contributed by atoms with Crippen LogP contribution in [0, 0.1) is 10.2 Å². The van der Waals surface area contributed by atoms with Gasteiger partial charge in [0.05, 0.1) is 0 Å². The van der Waals surface area contributed by atoms with E-state index in [-0.39, 0.29) is 5.56 Å². The first-order chi connectivity index (χ1) is 18.2. The fraction of sp³-hybridized carbons (Fsp3) is 0. The molecule has 0 aliphatic rings. The Hall–Kier alpha value is -4.37. The highest BCUT2D eigenvalue weighted by molar-refractivity contribution is 5.91. The van der Waals surface area contributed by atoms with Crippen LogP contribution in [0.25, 0.3) is 39.3 Å². The van der Waals surface area contributed by atoms with E-state index in [0.717, 1.165) is 33.6 Å². The van der Waals surface area contributed by atoms with Crippen molar-refractivity contribution in [3.05, 3.63) is 133 Å². The van der Waals surface area contributed by atoms with Gasteiger partial charge in [-0.2, -0.15) is 4.57 Å². The monoisotopic (exact) mass is 527 g/mol. The van der Waals surface area contributed by atoms with E-state index in [2.05, 4.69) is 53.1 Å². The Morgan fingerprint density at radius 2 is 0.921 bits per heavy atom. The number of carboxylic acid groups (broad SMARTS) is 1. The molecule has 0 spiro atoms. The summed E-state index contributed by atoms with van der Waals surface area (Å²) in [6, 6.07) is 41.9. The Morgan fingerprint density at radius 1 is 0.553 bits per heavy atom. The molecule has 0 aliphatic carbocycles. The molecule has 0 saturated heterocycles. The zero-order valence-corrected chi connectivity index (χ0v) is 20.7. The quantitative estimate of drug-likeness (QED) is 0.347. The van der Waals surface area contributed by atoms with E-state index in [1.54, 1.807) is 12.1 Å². The number of para-hydroxylation sites is 1. The van der Waals surface area contributed by atoms with Crippen molar-refractivity contribution in [3.63, 3.8) is 0 Å². The van der Waals surface area contributed by atoms with Gasteiger partial charge in [-0.3, -0.25) is 0 Å². The maximum atomic E-state index is 12.2. The number of nitrogens with zero attached hydrogens (tertiary/aromatic N) is 1. The van der Waals surface area contributed by atoms with E-state index in [1.807, 2.05) is 66.7 Å². The number of aromatic carboxylic acids is 1. The van der Waals surface area contributed by atoms with Crippen molar-refractivity contribution in [2.24, 2.45) is 0 Å². The molecule has 0 saturated carbocycles. The summed E-state index contributed by atoms with van der Waals surface area (Å²) in [6.07, 6.45) is 0. The zero-order chi connectivity index (χ0) is 27.1. The minimum absolute atomic E-state index is 0.254.